The van der Waals surface area contributed by atoms with Gasteiger partial charge in [0.15, 0.2) is 5.58 Å². The molecule has 2 aromatic heterocycles. The van der Waals surface area contributed by atoms with Crippen molar-refractivity contribution in [2.45, 2.75) is 19.9 Å². The SMILES string of the molecule is CCn1c2ccccc2c2cc(C=C(CC(=O)O)c3nc4ccccc4o3)ccc21. The van der Waals surface area contributed by atoms with Gasteiger partial charge in [-0.3, -0.25) is 4.79 Å². The number of rotatable bonds is 5. The maximum absolute atomic E-state index is 11.5. The summed E-state index contributed by atoms with van der Waals surface area (Å²) < 4.78 is 8.12. The van der Waals surface area contributed by atoms with E-state index in [-0.39, 0.29) is 6.42 Å². The molecule has 0 aliphatic carbocycles. The van der Waals surface area contributed by atoms with Gasteiger partial charge in [-0.15, -0.1) is 0 Å². The van der Waals surface area contributed by atoms with Crippen molar-refractivity contribution >= 4 is 50.5 Å². The number of carboxylic acids is 1. The van der Waals surface area contributed by atoms with Crippen molar-refractivity contribution in [1.82, 2.24) is 9.55 Å². The highest BCUT2D eigenvalue weighted by Gasteiger charge is 2.15. The average molecular weight is 396 g/mol. The first-order valence-corrected chi connectivity index (χ1v) is 9.93. The molecule has 0 fully saturated rings. The summed E-state index contributed by atoms with van der Waals surface area (Å²) in [6.07, 6.45) is 1.69. The highest BCUT2D eigenvalue weighted by Crippen LogP contribution is 2.31. The Morgan fingerprint density at radius 2 is 1.80 bits per heavy atom. The monoisotopic (exact) mass is 396 g/mol. The van der Waals surface area contributed by atoms with Gasteiger partial charge in [0.05, 0.1) is 6.42 Å². The van der Waals surface area contributed by atoms with Crippen molar-refractivity contribution in [2.24, 2.45) is 0 Å². The highest BCUT2D eigenvalue weighted by atomic mass is 16.4. The summed E-state index contributed by atoms with van der Waals surface area (Å²) >= 11 is 0. The number of hydrogen-bond acceptors (Lipinski definition) is 3. The zero-order valence-electron chi connectivity index (χ0n) is 16.5. The number of carboxylic acid groups (broad SMARTS) is 1. The Hall–Kier alpha value is -3.86. The molecule has 0 saturated heterocycles. The van der Waals surface area contributed by atoms with Gasteiger partial charge < -0.3 is 14.1 Å². The Labute approximate surface area is 172 Å². The normalized spacial score (nSPS) is 12.2. The molecule has 5 rings (SSSR count). The third-order valence-corrected chi connectivity index (χ3v) is 5.36. The number of hydrogen-bond donors (Lipinski definition) is 1. The summed E-state index contributed by atoms with van der Waals surface area (Å²) in [7, 11) is 0. The van der Waals surface area contributed by atoms with E-state index < -0.39 is 5.97 Å². The molecule has 0 radical (unpaired) electrons. The minimum absolute atomic E-state index is 0.165. The maximum Gasteiger partial charge on any atom is 0.308 e. The summed E-state index contributed by atoms with van der Waals surface area (Å²) in [5, 5.41) is 11.8. The predicted molar refractivity (Wildman–Crippen MR) is 119 cm³/mol. The molecule has 3 aromatic carbocycles. The van der Waals surface area contributed by atoms with Crippen LogP contribution in [0.2, 0.25) is 0 Å². The molecule has 1 N–H and O–H groups in total. The lowest BCUT2D eigenvalue weighted by Crippen LogP contribution is -1.97. The number of nitrogens with zero attached hydrogens (tertiary/aromatic N) is 2. The largest absolute Gasteiger partial charge is 0.481 e. The fraction of sp³-hybridized carbons (Fsp3) is 0.120. The standard InChI is InChI=1S/C25H20N2O3/c1-2-27-21-9-5-3-7-18(21)19-14-16(11-12-22(19)27)13-17(15-24(28)29)25-26-20-8-4-6-10-23(20)30-25/h3-14H,2,15H2,1H3,(H,28,29). The van der Waals surface area contributed by atoms with Gasteiger partial charge in [0.2, 0.25) is 5.89 Å². The van der Waals surface area contributed by atoms with Crippen LogP contribution < -0.4 is 0 Å². The summed E-state index contributed by atoms with van der Waals surface area (Å²) in [6, 6.07) is 22.0. The Balaban J connectivity index is 1.67. The number of aliphatic carboxylic acids is 1. The Kier molecular flexibility index (Phi) is 4.36. The molecule has 0 saturated carbocycles. The topological polar surface area (TPSA) is 68.3 Å². The van der Waals surface area contributed by atoms with E-state index in [1.54, 1.807) is 0 Å². The van der Waals surface area contributed by atoms with E-state index in [4.69, 9.17) is 4.42 Å². The smallest absolute Gasteiger partial charge is 0.308 e. The fourth-order valence-electron chi connectivity index (χ4n) is 4.06. The molecule has 0 aliphatic heterocycles. The summed E-state index contributed by atoms with van der Waals surface area (Å²) in [5.74, 6) is -0.582. The van der Waals surface area contributed by atoms with Crippen molar-refractivity contribution in [3.63, 3.8) is 0 Å². The van der Waals surface area contributed by atoms with Crippen LogP contribution in [0.1, 0.15) is 24.8 Å². The highest BCUT2D eigenvalue weighted by molar-refractivity contribution is 6.09. The van der Waals surface area contributed by atoms with Crippen LogP contribution in [-0.4, -0.2) is 20.6 Å². The molecular weight excluding hydrogens is 376 g/mol. The first-order chi connectivity index (χ1) is 14.6. The quantitative estimate of drug-likeness (QED) is 0.397. The van der Waals surface area contributed by atoms with Gasteiger partial charge in [-0.1, -0.05) is 36.4 Å². The molecule has 0 aliphatic rings. The number of oxazole rings is 1. The summed E-state index contributed by atoms with van der Waals surface area (Å²) in [6.45, 7) is 3.02. The number of aryl methyl sites for hydroxylation is 1. The summed E-state index contributed by atoms with van der Waals surface area (Å²) in [4.78, 5) is 16.0. The molecule has 148 valence electrons. The minimum atomic E-state index is -0.924. The fourth-order valence-corrected chi connectivity index (χ4v) is 4.06. The first kappa shape index (κ1) is 18.2. The van der Waals surface area contributed by atoms with E-state index in [1.807, 2.05) is 48.5 Å². The number of fused-ring (bicyclic) bond motifs is 4. The lowest BCUT2D eigenvalue weighted by atomic mass is 10.0. The van der Waals surface area contributed by atoms with Crippen LogP contribution in [-0.2, 0) is 11.3 Å². The molecule has 0 amide bonds. The second-order valence-electron chi connectivity index (χ2n) is 7.26. The van der Waals surface area contributed by atoms with E-state index in [2.05, 4.69) is 40.7 Å². The van der Waals surface area contributed by atoms with Crippen molar-refractivity contribution in [3.8, 4) is 0 Å². The first-order valence-electron chi connectivity index (χ1n) is 9.93. The summed E-state index contributed by atoms with van der Waals surface area (Å²) in [5.41, 5.74) is 5.17. The van der Waals surface area contributed by atoms with Crippen LogP contribution in [0.4, 0.5) is 0 Å². The van der Waals surface area contributed by atoms with Crippen LogP contribution in [0.3, 0.4) is 0 Å². The van der Waals surface area contributed by atoms with Crippen LogP contribution in [0.25, 0.3) is 44.6 Å². The minimum Gasteiger partial charge on any atom is -0.481 e. The van der Waals surface area contributed by atoms with Crippen molar-refractivity contribution < 1.29 is 14.3 Å². The second kappa shape index (κ2) is 7.19. The predicted octanol–water partition coefficient (Wildman–Crippen LogP) is 5.97. The van der Waals surface area contributed by atoms with Gasteiger partial charge in [0.1, 0.15) is 5.52 Å². The van der Waals surface area contributed by atoms with Crippen LogP contribution in [0, 0.1) is 0 Å². The number of aromatic nitrogens is 2. The molecule has 5 heteroatoms. The zero-order valence-corrected chi connectivity index (χ0v) is 16.5. The van der Waals surface area contributed by atoms with Gasteiger partial charge >= 0.3 is 5.97 Å². The van der Waals surface area contributed by atoms with Gasteiger partial charge in [-0.25, -0.2) is 4.98 Å². The number of carbonyl (C=O) groups is 1. The van der Waals surface area contributed by atoms with Crippen molar-refractivity contribution in [1.29, 1.82) is 0 Å². The van der Waals surface area contributed by atoms with Gasteiger partial charge in [-0.05, 0) is 48.9 Å². The Bertz CT molecular complexity index is 1410. The Morgan fingerprint density at radius 3 is 2.60 bits per heavy atom. The van der Waals surface area contributed by atoms with Crippen LogP contribution in [0.15, 0.2) is 71.1 Å². The lowest BCUT2D eigenvalue weighted by Gasteiger charge is -2.04. The second-order valence-corrected chi connectivity index (χ2v) is 7.26. The van der Waals surface area contributed by atoms with Crippen LogP contribution >= 0.6 is 0 Å². The van der Waals surface area contributed by atoms with E-state index in [1.165, 1.54) is 10.9 Å². The average Bonchev–Trinajstić information content (AvgIpc) is 3.32. The molecule has 0 unspecified atom stereocenters. The molecule has 0 atom stereocenters. The molecule has 30 heavy (non-hydrogen) atoms. The molecule has 5 nitrogen and oxygen atoms in total. The molecular formula is C25H20N2O3. The number of benzene rings is 3. The van der Waals surface area contributed by atoms with Crippen LogP contribution in [0.5, 0.6) is 0 Å². The third kappa shape index (κ3) is 3.05. The van der Waals surface area contributed by atoms with Gasteiger partial charge in [0, 0.05) is 33.9 Å². The van der Waals surface area contributed by atoms with E-state index in [0.717, 1.165) is 23.0 Å². The maximum atomic E-state index is 11.5. The van der Waals surface area contributed by atoms with E-state index in [0.29, 0.717) is 22.6 Å². The molecule has 5 aromatic rings. The molecule has 0 bridgehead atoms. The van der Waals surface area contributed by atoms with Crippen molar-refractivity contribution in [2.75, 3.05) is 0 Å². The van der Waals surface area contributed by atoms with E-state index >= 15 is 0 Å². The van der Waals surface area contributed by atoms with Gasteiger partial charge in [-0.2, -0.15) is 0 Å². The Morgan fingerprint density at radius 1 is 1.03 bits per heavy atom. The van der Waals surface area contributed by atoms with Gasteiger partial charge in [0.25, 0.3) is 0 Å². The van der Waals surface area contributed by atoms with Crippen molar-refractivity contribution in [3.05, 3.63) is 78.2 Å². The number of para-hydroxylation sites is 3. The lowest BCUT2D eigenvalue weighted by molar-refractivity contribution is -0.135. The molecule has 0 spiro atoms. The zero-order chi connectivity index (χ0) is 20.7. The molecule has 2 heterocycles. The third-order valence-electron chi connectivity index (χ3n) is 5.36. The van der Waals surface area contributed by atoms with E-state index in [9.17, 15) is 9.90 Å².